The van der Waals surface area contributed by atoms with Crippen LogP contribution < -0.4 is 4.74 Å². The van der Waals surface area contributed by atoms with Crippen LogP contribution in [-0.4, -0.2) is 32.0 Å². The first kappa shape index (κ1) is 21.5. The number of hydrogen-bond acceptors (Lipinski definition) is 2. The van der Waals surface area contributed by atoms with Crippen LogP contribution in [0, 0.1) is 6.92 Å². The van der Waals surface area contributed by atoms with E-state index < -0.39 is 11.7 Å². The maximum atomic E-state index is 14.3. The normalized spacial score (nSPS) is 17.4. The molecule has 1 unspecified atom stereocenters. The highest BCUT2D eigenvalue weighted by Crippen LogP contribution is 2.51. The Morgan fingerprint density at radius 1 is 0.879 bits per heavy atom. The molecule has 6 heteroatoms. The van der Waals surface area contributed by atoms with Gasteiger partial charge in [-0.05, 0) is 40.8 Å². The van der Waals surface area contributed by atoms with Crippen LogP contribution >= 0.6 is 0 Å². The lowest BCUT2D eigenvalue weighted by Gasteiger charge is -2.39. The Labute approximate surface area is 190 Å². The molecule has 0 spiro atoms. The van der Waals surface area contributed by atoms with Crippen molar-refractivity contribution in [1.29, 1.82) is 0 Å². The maximum Gasteiger partial charge on any atom is 0.419 e. The minimum Gasteiger partial charge on any atom is -0.496 e. The van der Waals surface area contributed by atoms with E-state index in [9.17, 15) is 13.2 Å². The SMILES string of the molecule is COc1cc(C2c3cc4ccccc4c(C(F)(F)F)c3N=C[N+]2(C)C)c(C)c2ccccc12. The molecule has 1 aliphatic heterocycles. The van der Waals surface area contributed by atoms with Gasteiger partial charge in [-0.1, -0.05) is 48.5 Å². The van der Waals surface area contributed by atoms with Crippen molar-refractivity contribution < 1.29 is 22.4 Å². The smallest absolute Gasteiger partial charge is 0.419 e. The first-order valence-electron chi connectivity index (χ1n) is 10.7. The van der Waals surface area contributed by atoms with Gasteiger partial charge >= 0.3 is 6.18 Å². The molecule has 0 saturated carbocycles. The molecule has 0 radical (unpaired) electrons. The van der Waals surface area contributed by atoms with E-state index in [1.807, 2.05) is 57.4 Å². The third-order valence-corrected chi connectivity index (χ3v) is 6.61. The molecule has 0 saturated heterocycles. The summed E-state index contributed by atoms with van der Waals surface area (Å²) in [5.41, 5.74) is 1.82. The van der Waals surface area contributed by atoms with Crippen LogP contribution in [0.25, 0.3) is 21.5 Å². The van der Waals surface area contributed by atoms with Gasteiger partial charge in [-0.15, -0.1) is 0 Å². The zero-order valence-electron chi connectivity index (χ0n) is 18.9. The summed E-state index contributed by atoms with van der Waals surface area (Å²) in [5, 5.41) is 2.72. The Morgan fingerprint density at radius 2 is 1.52 bits per heavy atom. The Bertz CT molecular complexity index is 1440. The number of nitrogens with zero attached hydrogens (tertiary/aromatic N) is 2. The molecule has 0 bridgehead atoms. The summed E-state index contributed by atoms with van der Waals surface area (Å²) in [5.74, 6) is 0.701. The van der Waals surface area contributed by atoms with E-state index in [0.717, 1.165) is 21.9 Å². The summed E-state index contributed by atoms with van der Waals surface area (Å²) in [6.45, 7) is 2.02. The lowest BCUT2D eigenvalue weighted by Crippen LogP contribution is -2.44. The monoisotopic (exact) mass is 449 g/mol. The second-order valence-corrected chi connectivity index (χ2v) is 9.02. The van der Waals surface area contributed by atoms with Crippen LogP contribution in [0.2, 0.25) is 0 Å². The molecule has 0 aliphatic carbocycles. The van der Waals surface area contributed by atoms with E-state index in [4.69, 9.17) is 4.74 Å². The van der Waals surface area contributed by atoms with Crippen molar-refractivity contribution in [1.82, 2.24) is 0 Å². The zero-order valence-corrected chi connectivity index (χ0v) is 18.9. The maximum absolute atomic E-state index is 14.3. The first-order chi connectivity index (χ1) is 15.6. The molecule has 0 amide bonds. The van der Waals surface area contributed by atoms with Crippen molar-refractivity contribution >= 4 is 33.6 Å². The Morgan fingerprint density at radius 3 is 2.18 bits per heavy atom. The number of methoxy groups -OCH3 is 1. The molecule has 168 valence electrons. The molecule has 0 N–H and O–H groups in total. The minimum absolute atomic E-state index is 0.00447. The molecule has 1 aliphatic rings. The molecule has 4 aromatic rings. The Hall–Kier alpha value is -3.38. The van der Waals surface area contributed by atoms with Crippen LogP contribution in [0.3, 0.4) is 0 Å². The molecule has 3 nitrogen and oxygen atoms in total. The van der Waals surface area contributed by atoms with Crippen molar-refractivity contribution in [3.05, 3.63) is 82.9 Å². The Balaban J connectivity index is 1.89. The summed E-state index contributed by atoms with van der Waals surface area (Å²) in [4.78, 5) is 4.37. The van der Waals surface area contributed by atoms with Gasteiger partial charge in [0.2, 0.25) is 0 Å². The number of fused-ring (bicyclic) bond motifs is 3. The van der Waals surface area contributed by atoms with Crippen molar-refractivity contribution in [2.24, 2.45) is 4.99 Å². The largest absolute Gasteiger partial charge is 0.496 e. The summed E-state index contributed by atoms with van der Waals surface area (Å²) in [6, 6.07) is 18.0. The number of hydrogen-bond donors (Lipinski definition) is 0. The number of aryl methyl sites for hydroxylation is 1. The van der Waals surface area contributed by atoms with Gasteiger partial charge in [0.05, 0.1) is 32.5 Å². The second kappa shape index (κ2) is 7.32. The number of ether oxygens (including phenoxy) is 1. The highest BCUT2D eigenvalue weighted by atomic mass is 19.4. The number of aliphatic imine (C=N–C) groups is 1. The number of halogens is 3. The molecular formula is C27H24F3N2O+. The molecule has 4 aromatic carbocycles. The van der Waals surface area contributed by atoms with Crippen molar-refractivity contribution in [3.63, 3.8) is 0 Å². The summed E-state index contributed by atoms with van der Waals surface area (Å²) < 4.78 is 49.0. The zero-order chi connectivity index (χ0) is 23.5. The van der Waals surface area contributed by atoms with Gasteiger partial charge < -0.3 is 4.74 Å². The molecule has 1 atom stereocenters. The summed E-state index contributed by atoms with van der Waals surface area (Å²) >= 11 is 0. The Kier molecular flexibility index (Phi) is 4.76. The molecule has 33 heavy (non-hydrogen) atoms. The van der Waals surface area contributed by atoms with Gasteiger partial charge in [0, 0.05) is 16.5 Å². The van der Waals surface area contributed by atoms with Crippen LogP contribution in [0.1, 0.15) is 28.3 Å². The van der Waals surface area contributed by atoms with E-state index in [1.54, 1.807) is 31.6 Å². The van der Waals surface area contributed by atoms with Gasteiger partial charge in [0.1, 0.15) is 11.8 Å². The second-order valence-electron chi connectivity index (χ2n) is 9.02. The number of quaternary nitrogens is 1. The summed E-state index contributed by atoms with van der Waals surface area (Å²) in [7, 11) is 5.54. The quantitative estimate of drug-likeness (QED) is 0.297. The van der Waals surface area contributed by atoms with Crippen LogP contribution in [-0.2, 0) is 6.18 Å². The van der Waals surface area contributed by atoms with E-state index in [1.165, 1.54) is 6.07 Å². The fraction of sp³-hybridized carbons (Fsp3) is 0.222. The van der Waals surface area contributed by atoms with E-state index >= 15 is 0 Å². The number of benzene rings is 4. The number of rotatable bonds is 2. The van der Waals surface area contributed by atoms with Crippen molar-refractivity contribution in [3.8, 4) is 5.75 Å². The highest BCUT2D eigenvalue weighted by molar-refractivity contribution is 5.95. The molecule has 1 heterocycles. The van der Waals surface area contributed by atoms with E-state index in [0.29, 0.717) is 16.7 Å². The highest BCUT2D eigenvalue weighted by Gasteiger charge is 2.44. The predicted molar refractivity (Wildman–Crippen MR) is 126 cm³/mol. The van der Waals surface area contributed by atoms with Gasteiger partial charge in [-0.25, -0.2) is 4.99 Å². The first-order valence-corrected chi connectivity index (χ1v) is 10.7. The molecular weight excluding hydrogens is 425 g/mol. The predicted octanol–water partition coefficient (Wildman–Crippen LogP) is 7.17. The van der Waals surface area contributed by atoms with Gasteiger partial charge in [0.25, 0.3) is 0 Å². The van der Waals surface area contributed by atoms with E-state index in [-0.39, 0.29) is 21.6 Å². The number of alkyl halides is 3. The van der Waals surface area contributed by atoms with Crippen molar-refractivity contribution in [2.45, 2.75) is 19.1 Å². The topological polar surface area (TPSA) is 21.6 Å². The van der Waals surface area contributed by atoms with Crippen LogP contribution in [0.4, 0.5) is 18.9 Å². The van der Waals surface area contributed by atoms with Crippen LogP contribution in [0.5, 0.6) is 5.75 Å². The average Bonchev–Trinajstić information content (AvgIpc) is 2.77. The molecule has 0 aromatic heterocycles. The minimum atomic E-state index is -4.53. The average molecular weight is 449 g/mol. The van der Waals surface area contributed by atoms with Crippen LogP contribution in [0.15, 0.2) is 65.7 Å². The third kappa shape index (κ3) is 3.28. The van der Waals surface area contributed by atoms with Gasteiger partial charge in [-0.2, -0.15) is 13.2 Å². The lowest BCUT2D eigenvalue weighted by molar-refractivity contribution is -0.821. The third-order valence-electron chi connectivity index (χ3n) is 6.61. The fourth-order valence-corrected chi connectivity index (χ4v) is 5.11. The molecule has 5 rings (SSSR count). The lowest BCUT2D eigenvalue weighted by atomic mass is 9.85. The fourth-order valence-electron chi connectivity index (χ4n) is 5.11. The summed E-state index contributed by atoms with van der Waals surface area (Å²) in [6.07, 6.45) is -2.92. The molecule has 0 fully saturated rings. The standard InChI is InChI=1S/C27H24F3N2O/c1-16-18-10-7-8-12-20(18)23(33-4)14-21(16)26-22-13-17-9-5-6-11-19(17)24(27(28,29)30)25(22)31-15-32(26,2)3/h5-15,26H,1-4H3/q+1. The van der Waals surface area contributed by atoms with E-state index in [2.05, 4.69) is 4.99 Å². The van der Waals surface area contributed by atoms with Gasteiger partial charge in [0.15, 0.2) is 6.34 Å². The van der Waals surface area contributed by atoms with Gasteiger partial charge in [-0.3, -0.25) is 4.48 Å². The van der Waals surface area contributed by atoms with Crippen molar-refractivity contribution in [2.75, 3.05) is 21.2 Å².